The average Bonchev–Trinajstić information content (AvgIpc) is 2.32. The highest BCUT2D eigenvalue weighted by Crippen LogP contribution is 2.42. The highest BCUT2D eigenvalue weighted by Gasteiger charge is 2.39. The molecule has 0 heterocycles. The van der Waals surface area contributed by atoms with Gasteiger partial charge in [-0.05, 0) is 34.0 Å². The molecule has 2 rings (SSSR count). The van der Waals surface area contributed by atoms with Crippen molar-refractivity contribution >= 4 is 21.7 Å². The van der Waals surface area contributed by atoms with Crippen LogP contribution in [0.5, 0.6) is 5.75 Å². The smallest absolute Gasteiger partial charge is 0.172 e. The molecule has 1 N–H and O–H groups in total. The van der Waals surface area contributed by atoms with Gasteiger partial charge in [0.05, 0.1) is 10.0 Å². The number of carbonyl (C=O) groups excluding carboxylic acids is 1. The highest BCUT2D eigenvalue weighted by molar-refractivity contribution is 9.10. The molecule has 0 atom stereocenters. The number of fused-ring (bicyclic) bond motifs is 1. The van der Waals surface area contributed by atoms with E-state index in [-0.39, 0.29) is 16.9 Å². The van der Waals surface area contributed by atoms with Crippen LogP contribution in [0.3, 0.4) is 0 Å². The third kappa shape index (κ3) is 1.19. The molecule has 0 saturated heterocycles. The molecule has 1 aromatic rings. The topological polar surface area (TPSA) is 37.3 Å². The van der Waals surface area contributed by atoms with Gasteiger partial charge in [-0.25, -0.2) is 0 Å². The Labute approximate surface area is 91.1 Å². The van der Waals surface area contributed by atoms with Gasteiger partial charge in [-0.2, -0.15) is 0 Å². The molecule has 0 radical (unpaired) electrons. The molecule has 74 valence electrons. The molecule has 0 fully saturated rings. The van der Waals surface area contributed by atoms with Crippen LogP contribution < -0.4 is 0 Å². The summed E-state index contributed by atoms with van der Waals surface area (Å²) in [6.07, 6.45) is 0.710. The fourth-order valence-electron chi connectivity index (χ4n) is 1.90. The minimum absolute atomic E-state index is 0.0336. The van der Waals surface area contributed by atoms with Crippen LogP contribution in [0.25, 0.3) is 0 Å². The number of phenols is 1. The van der Waals surface area contributed by atoms with Crippen molar-refractivity contribution in [2.45, 2.75) is 20.3 Å². The molecule has 0 saturated carbocycles. The number of ketones is 1. The number of halogens is 1. The lowest BCUT2D eigenvalue weighted by Crippen LogP contribution is -2.18. The van der Waals surface area contributed by atoms with Gasteiger partial charge in [0.1, 0.15) is 5.75 Å². The summed E-state index contributed by atoms with van der Waals surface area (Å²) >= 11 is 3.21. The maximum absolute atomic E-state index is 11.9. The third-order valence-corrected chi connectivity index (χ3v) is 3.33. The number of Topliss-reactive ketones (excluding diaryl/α,β-unsaturated/α-hetero) is 1. The third-order valence-electron chi connectivity index (χ3n) is 2.69. The second kappa shape index (κ2) is 2.83. The lowest BCUT2D eigenvalue weighted by molar-refractivity contribution is 0.0861. The molecular weight excluding hydrogens is 244 g/mol. The van der Waals surface area contributed by atoms with Crippen LogP contribution in [0.15, 0.2) is 16.6 Å². The molecule has 1 aromatic carbocycles. The summed E-state index contributed by atoms with van der Waals surface area (Å²) in [6, 6.07) is 3.68. The number of hydrogen-bond acceptors (Lipinski definition) is 2. The molecule has 0 aromatic heterocycles. The summed E-state index contributed by atoms with van der Waals surface area (Å²) in [4.78, 5) is 11.9. The van der Waals surface area contributed by atoms with Gasteiger partial charge in [0.15, 0.2) is 5.78 Å². The predicted molar refractivity (Wildman–Crippen MR) is 57.6 cm³/mol. The Morgan fingerprint density at radius 2 is 2.07 bits per heavy atom. The Morgan fingerprint density at radius 1 is 1.43 bits per heavy atom. The maximum Gasteiger partial charge on any atom is 0.172 e. The molecular formula is C11H11BrO2. The molecule has 0 amide bonds. The summed E-state index contributed by atoms with van der Waals surface area (Å²) in [6.45, 7) is 3.81. The van der Waals surface area contributed by atoms with E-state index in [1.54, 1.807) is 6.07 Å². The zero-order valence-corrected chi connectivity index (χ0v) is 9.68. The van der Waals surface area contributed by atoms with Crippen molar-refractivity contribution < 1.29 is 9.90 Å². The van der Waals surface area contributed by atoms with Crippen molar-refractivity contribution in [3.63, 3.8) is 0 Å². The van der Waals surface area contributed by atoms with Gasteiger partial charge >= 0.3 is 0 Å². The lowest BCUT2D eigenvalue weighted by Gasteiger charge is -2.13. The van der Waals surface area contributed by atoms with Crippen LogP contribution in [0.1, 0.15) is 29.8 Å². The molecule has 14 heavy (non-hydrogen) atoms. The monoisotopic (exact) mass is 254 g/mol. The number of benzene rings is 1. The van der Waals surface area contributed by atoms with Crippen molar-refractivity contribution in [1.29, 1.82) is 0 Å². The van der Waals surface area contributed by atoms with E-state index in [2.05, 4.69) is 15.9 Å². The van der Waals surface area contributed by atoms with E-state index in [4.69, 9.17) is 0 Å². The van der Waals surface area contributed by atoms with Gasteiger partial charge < -0.3 is 5.11 Å². The summed E-state index contributed by atoms with van der Waals surface area (Å²) < 4.78 is 0.585. The SMILES string of the molecule is CC1(C)Cc2ccc(Br)c(O)c2C1=O. The number of aromatic hydroxyl groups is 1. The molecule has 3 heteroatoms. The van der Waals surface area contributed by atoms with E-state index in [0.29, 0.717) is 16.5 Å². The quantitative estimate of drug-likeness (QED) is 0.773. The second-order valence-electron chi connectivity index (χ2n) is 4.32. The Bertz CT molecular complexity index is 422. The number of carbonyl (C=O) groups is 1. The van der Waals surface area contributed by atoms with Crippen LogP contribution in [0.2, 0.25) is 0 Å². The van der Waals surface area contributed by atoms with Gasteiger partial charge in [0, 0.05) is 5.41 Å². The first kappa shape index (κ1) is 9.71. The number of rotatable bonds is 0. The van der Waals surface area contributed by atoms with Gasteiger partial charge in [-0.1, -0.05) is 19.9 Å². The molecule has 1 aliphatic rings. The first-order valence-electron chi connectivity index (χ1n) is 4.48. The molecule has 1 aliphatic carbocycles. The predicted octanol–water partition coefficient (Wildman–Crippen LogP) is 2.92. The summed E-state index contributed by atoms with van der Waals surface area (Å²) in [5.74, 6) is 0.115. The van der Waals surface area contributed by atoms with Crippen LogP contribution >= 0.6 is 15.9 Å². The first-order chi connectivity index (χ1) is 6.43. The van der Waals surface area contributed by atoms with E-state index in [1.165, 1.54) is 0 Å². The molecule has 0 unspecified atom stereocenters. The van der Waals surface area contributed by atoms with Gasteiger partial charge in [-0.3, -0.25) is 4.79 Å². The van der Waals surface area contributed by atoms with Crippen molar-refractivity contribution in [1.82, 2.24) is 0 Å². The van der Waals surface area contributed by atoms with Crippen LogP contribution in [0.4, 0.5) is 0 Å². The van der Waals surface area contributed by atoms with E-state index in [9.17, 15) is 9.90 Å². The maximum atomic E-state index is 11.9. The van der Waals surface area contributed by atoms with E-state index < -0.39 is 0 Å². The van der Waals surface area contributed by atoms with Gasteiger partial charge in [-0.15, -0.1) is 0 Å². The zero-order chi connectivity index (χ0) is 10.5. The van der Waals surface area contributed by atoms with Gasteiger partial charge in [0.2, 0.25) is 0 Å². The highest BCUT2D eigenvalue weighted by atomic mass is 79.9. The Balaban J connectivity index is 2.67. The number of phenolic OH excluding ortho intramolecular Hbond substituents is 1. The summed E-state index contributed by atoms with van der Waals surface area (Å²) in [5, 5.41) is 9.75. The van der Waals surface area contributed by atoms with Gasteiger partial charge in [0.25, 0.3) is 0 Å². The van der Waals surface area contributed by atoms with Crippen molar-refractivity contribution in [3.05, 3.63) is 27.7 Å². The molecule has 0 spiro atoms. The lowest BCUT2D eigenvalue weighted by atomic mass is 9.89. The Kier molecular flexibility index (Phi) is 1.96. The van der Waals surface area contributed by atoms with E-state index >= 15 is 0 Å². The standard InChI is InChI=1S/C11H11BrO2/c1-11(2)5-6-3-4-7(12)9(13)8(6)10(11)14/h3-4,13H,5H2,1-2H3. The van der Waals surface area contributed by atoms with E-state index in [0.717, 1.165) is 5.56 Å². The van der Waals surface area contributed by atoms with Crippen molar-refractivity contribution in [3.8, 4) is 5.75 Å². The average molecular weight is 255 g/mol. The Hall–Kier alpha value is -0.830. The van der Waals surface area contributed by atoms with Crippen molar-refractivity contribution in [2.75, 3.05) is 0 Å². The minimum atomic E-state index is -0.374. The summed E-state index contributed by atoms with van der Waals surface area (Å²) in [7, 11) is 0. The molecule has 2 nitrogen and oxygen atoms in total. The van der Waals surface area contributed by atoms with Crippen LogP contribution in [-0.2, 0) is 6.42 Å². The fourth-order valence-corrected chi connectivity index (χ4v) is 2.23. The minimum Gasteiger partial charge on any atom is -0.506 e. The van der Waals surface area contributed by atoms with Crippen LogP contribution in [-0.4, -0.2) is 10.9 Å². The Morgan fingerprint density at radius 3 is 2.71 bits per heavy atom. The second-order valence-corrected chi connectivity index (χ2v) is 5.17. The van der Waals surface area contributed by atoms with E-state index in [1.807, 2.05) is 19.9 Å². The fraction of sp³-hybridized carbons (Fsp3) is 0.364. The first-order valence-corrected chi connectivity index (χ1v) is 5.28. The van der Waals surface area contributed by atoms with Crippen molar-refractivity contribution in [2.24, 2.45) is 5.41 Å². The molecule has 0 bridgehead atoms. The number of hydrogen-bond donors (Lipinski definition) is 1. The normalized spacial score (nSPS) is 18.4. The summed E-state index contributed by atoms with van der Waals surface area (Å²) in [5.41, 5.74) is 1.06. The van der Waals surface area contributed by atoms with Crippen LogP contribution in [0, 0.1) is 5.41 Å². The zero-order valence-electron chi connectivity index (χ0n) is 8.10. The molecule has 0 aliphatic heterocycles. The largest absolute Gasteiger partial charge is 0.506 e.